The number of hydrogen-bond donors (Lipinski definition) is 1. The van der Waals surface area contributed by atoms with E-state index in [1.165, 1.54) is 16.7 Å². The van der Waals surface area contributed by atoms with Crippen LogP contribution in [0, 0.1) is 18.8 Å². The van der Waals surface area contributed by atoms with Gasteiger partial charge in [-0.3, -0.25) is 9.48 Å². The lowest BCUT2D eigenvalue weighted by atomic mass is 9.82. The fourth-order valence-corrected chi connectivity index (χ4v) is 8.17. The zero-order valence-electron chi connectivity index (χ0n) is 23.1. The van der Waals surface area contributed by atoms with Crippen molar-refractivity contribution in [3.05, 3.63) is 53.2 Å². The molecule has 11 heteroatoms. The summed E-state index contributed by atoms with van der Waals surface area (Å²) in [5.41, 5.74) is 2.33. The number of anilines is 1. The first kappa shape index (κ1) is 28.5. The van der Waals surface area contributed by atoms with E-state index in [0.29, 0.717) is 18.2 Å². The van der Waals surface area contributed by atoms with Gasteiger partial charge in [-0.15, -0.1) is 11.3 Å². The maximum absolute atomic E-state index is 13.9. The number of aryl methyl sites for hydroxylation is 1. The van der Waals surface area contributed by atoms with Crippen LogP contribution < -0.4 is 4.90 Å². The largest absolute Gasteiger partial charge is 0.477 e. The number of nitrogens with zero attached hydrogens (tertiary/aromatic N) is 4. The van der Waals surface area contributed by atoms with E-state index in [0.717, 1.165) is 59.4 Å². The molecule has 1 amide bonds. The van der Waals surface area contributed by atoms with Crippen molar-refractivity contribution in [2.24, 2.45) is 11.8 Å². The first-order valence-electron chi connectivity index (χ1n) is 13.8. The number of carbonyl (C=O) groups is 2. The SMILES string of the molecule is Cc1ccc(-c2cc(N3C(=O)CN(S(=O)(=O)c4cnn(CC(C)C)c4)C[C@H]3C3CCCCC3)c(C(=O)O)s2)cc1. The number of carboxylic acids is 1. The lowest BCUT2D eigenvalue weighted by Gasteiger charge is -2.44. The van der Waals surface area contributed by atoms with Gasteiger partial charge in [0.15, 0.2) is 0 Å². The molecule has 2 fully saturated rings. The summed E-state index contributed by atoms with van der Waals surface area (Å²) in [6.45, 7) is 6.40. The number of aromatic nitrogens is 2. The molecule has 1 aliphatic carbocycles. The Labute approximate surface area is 239 Å². The minimum Gasteiger partial charge on any atom is -0.477 e. The molecule has 9 nitrogen and oxygen atoms in total. The highest BCUT2D eigenvalue weighted by Gasteiger charge is 2.44. The molecule has 2 aromatic heterocycles. The van der Waals surface area contributed by atoms with Crippen LogP contribution in [0.25, 0.3) is 10.4 Å². The Bertz CT molecular complexity index is 1490. The van der Waals surface area contributed by atoms with Gasteiger partial charge in [-0.05, 0) is 43.2 Å². The van der Waals surface area contributed by atoms with E-state index in [1.54, 1.807) is 15.6 Å². The maximum atomic E-state index is 13.9. The van der Waals surface area contributed by atoms with Gasteiger partial charge < -0.3 is 10.0 Å². The summed E-state index contributed by atoms with van der Waals surface area (Å²) < 4.78 is 30.3. The number of amides is 1. The number of sulfonamides is 1. The van der Waals surface area contributed by atoms with Gasteiger partial charge in [0.2, 0.25) is 15.9 Å². The van der Waals surface area contributed by atoms with Gasteiger partial charge in [0.25, 0.3) is 0 Å². The van der Waals surface area contributed by atoms with Gasteiger partial charge in [-0.2, -0.15) is 9.40 Å². The first-order valence-corrected chi connectivity index (χ1v) is 16.1. The van der Waals surface area contributed by atoms with E-state index in [4.69, 9.17) is 0 Å². The highest BCUT2D eigenvalue weighted by atomic mass is 32.2. The molecular formula is C29H36N4O5S2. The Kier molecular flexibility index (Phi) is 8.17. The fourth-order valence-electron chi connectivity index (χ4n) is 5.82. The maximum Gasteiger partial charge on any atom is 0.348 e. The van der Waals surface area contributed by atoms with E-state index < -0.39 is 27.9 Å². The highest BCUT2D eigenvalue weighted by molar-refractivity contribution is 7.89. The second-order valence-electron chi connectivity index (χ2n) is 11.3. The molecule has 5 rings (SSSR count). The highest BCUT2D eigenvalue weighted by Crippen LogP contribution is 2.42. The zero-order chi connectivity index (χ0) is 28.6. The van der Waals surface area contributed by atoms with E-state index in [2.05, 4.69) is 5.10 Å². The Morgan fingerprint density at radius 2 is 1.85 bits per heavy atom. The van der Waals surface area contributed by atoms with Crippen molar-refractivity contribution in [1.82, 2.24) is 14.1 Å². The molecule has 1 saturated carbocycles. The van der Waals surface area contributed by atoms with Gasteiger partial charge in [-0.25, -0.2) is 13.2 Å². The second-order valence-corrected chi connectivity index (χ2v) is 14.3. The van der Waals surface area contributed by atoms with Gasteiger partial charge >= 0.3 is 5.97 Å². The molecule has 0 bridgehead atoms. The summed E-state index contributed by atoms with van der Waals surface area (Å²) in [7, 11) is -3.97. The minimum absolute atomic E-state index is 0.0696. The average Bonchev–Trinajstić information content (AvgIpc) is 3.57. The smallest absolute Gasteiger partial charge is 0.348 e. The fraction of sp³-hybridized carbons (Fsp3) is 0.483. The summed E-state index contributed by atoms with van der Waals surface area (Å²) >= 11 is 1.15. The number of rotatable bonds is 8. The summed E-state index contributed by atoms with van der Waals surface area (Å²) in [5, 5.41) is 14.4. The summed E-state index contributed by atoms with van der Waals surface area (Å²) in [6, 6.07) is 9.16. The lowest BCUT2D eigenvalue weighted by molar-refractivity contribution is -0.121. The van der Waals surface area contributed by atoms with Crippen molar-refractivity contribution in [3.63, 3.8) is 0 Å². The van der Waals surface area contributed by atoms with Gasteiger partial charge in [0, 0.05) is 24.2 Å². The normalized spacial score (nSPS) is 19.4. The third kappa shape index (κ3) is 5.73. The Morgan fingerprint density at radius 3 is 2.50 bits per heavy atom. The number of benzene rings is 1. The van der Waals surface area contributed by atoms with Gasteiger partial charge in [0.05, 0.1) is 24.5 Å². The Balaban J connectivity index is 1.52. The molecule has 1 atom stereocenters. The van der Waals surface area contributed by atoms with Crippen LogP contribution in [-0.2, 0) is 21.4 Å². The Morgan fingerprint density at radius 1 is 1.15 bits per heavy atom. The predicted molar refractivity (Wildman–Crippen MR) is 155 cm³/mol. The topological polar surface area (TPSA) is 113 Å². The van der Waals surface area contributed by atoms with Crippen LogP contribution in [0.4, 0.5) is 5.69 Å². The quantitative estimate of drug-likeness (QED) is 0.387. The number of piperazine rings is 1. The van der Waals surface area contributed by atoms with Crippen molar-refractivity contribution in [1.29, 1.82) is 0 Å². The van der Waals surface area contributed by atoms with Crippen LogP contribution in [0.1, 0.15) is 61.2 Å². The molecule has 3 aromatic rings. The first-order chi connectivity index (χ1) is 19.0. The van der Waals surface area contributed by atoms with Crippen molar-refractivity contribution >= 4 is 38.9 Å². The molecule has 3 heterocycles. The molecule has 214 valence electrons. The van der Waals surface area contributed by atoms with Crippen LogP contribution in [-0.4, -0.2) is 58.6 Å². The molecule has 2 aliphatic rings. The van der Waals surface area contributed by atoms with E-state index in [9.17, 15) is 23.1 Å². The average molecular weight is 585 g/mol. The van der Waals surface area contributed by atoms with Crippen molar-refractivity contribution < 1.29 is 23.1 Å². The van der Waals surface area contributed by atoms with Crippen LogP contribution in [0.3, 0.4) is 0 Å². The van der Waals surface area contributed by atoms with E-state index >= 15 is 0 Å². The van der Waals surface area contributed by atoms with Crippen LogP contribution in [0.5, 0.6) is 0 Å². The summed E-state index contributed by atoms with van der Waals surface area (Å²) in [4.78, 5) is 28.8. The number of aromatic carboxylic acids is 1. The van der Waals surface area contributed by atoms with Crippen molar-refractivity contribution in [2.75, 3.05) is 18.0 Å². The molecular weight excluding hydrogens is 548 g/mol. The molecule has 0 unspecified atom stereocenters. The Hall–Kier alpha value is -3.02. The molecule has 1 saturated heterocycles. The third-order valence-corrected chi connectivity index (χ3v) is 10.7. The van der Waals surface area contributed by atoms with E-state index in [1.807, 2.05) is 45.0 Å². The third-order valence-electron chi connectivity index (χ3n) is 7.80. The van der Waals surface area contributed by atoms with E-state index in [-0.39, 0.29) is 28.8 Å². The lowest BCUT2D eigenvalue weighted by Crippen LogP contribution is -2.60. The molecule has 1 N–H and O–H groups in total. The molecule has 0 spiro atoms. The zero-order valence-corrected chi connectivity index (χ0v) is 24.7. The number of carbonyl (C=O) groups excluding carboxylic acids is 1. The van der Waals surface area contributed by atoms with Crippen LogP contribution in [0.2, 0.25) is 0 Å². The van der Waals surface area contributed by atoms with Gasteiger partial charge in [0.1, 0.15) is 9.77 Å². The van der Waals surface area contributed by atoms with Crippen molar-refractivity contribution in [2.45, 2.75) is 70.4 Å². The monoisotopic (exact) mass is 584 g/mol. The number of carboxylic acid groups (broad SMARTS) is 1. The molecule has 1 aromatic carbocycles. The second kappa shape index (κ2) is 11.5. The van der Waals surface area contributed by atoms with Crippen molar-refractivity contribution in [3.8, 4) is 10.4 Å². The predicted octanol–water partition coefficient (Wildman–Crippen LogP) is 5.26. The number of thiophene rings is 1. The van der Waals surface area contributed by atoms with Crippen LogP contribution >= 0.6 is 11.3 Å². The summed E-state index contributed by atoms with van der Waals surface area (Å²) in [6.07, 6.45) is 7.71. The number of hydrogen-bond acceptors (Lipinski definition) is 6. The van der Waals surface area contributed by atoms with Crippen LogP contribution in [0.15, 0.2) is 47.6 Å². The molecule has 0 radical (unpaired) electrons. The summed E-state index contributed by atoms with van der Waals surface area (Å²) in [5.74, 6) is -1.13. The van der Waals surface area contributed by atoms with Gasteiger partial charge in [-0.1, -0.05) is 62.9 Å². The minimum atomic E-state index is -3.97. The standard InChI is InChI=1S/C29H36N4O5S2/c1-19(2)15-31-16-23(14-30-31)40(37,38)32-17-25(21-7-5-4-6-8-21)33(27(34)18-32)24-13-26(39-28(24)29(35)36)22-11-9-20(3)10-12-22/h9-14,16,19,21,25H,4-8,15,17-18H2,1-3H3,(H,35,36)/t25-/m0/s1. The molecule has 1 aliphatic heterocycles. The molecule has 40 heavy (non-hydrogen) atoms.